The Bertz CT molecular complexity index is 1380. The molecule has 0 radical (unpaired) electrons. The zero-order valence-corrected chi connectivity index (χ0v) is 20.4. The van der Waals surface area contributed by atoms with Crippen LogP contribution in [0, 0.1) is 11.6 Å². The molecular weight excluding hydrogens is 484 g/mol. The maximum absolute atomic E-state index is 14.5. The standard InChI is InChI=1S/C29H25F2NO3.ClH/c1-17(21-11-6-8-18-7-2-3-9-22(18)21)32-16-20-15-24(23-10-4-5-12-27(23)35-20)19-13-25(30)28(29(33)34)26(31)14-19;/h2-14,17,20,24,32H,15-16H2,1H3,(H,33,34);1H/t17-,20-,24+;/m1./s1. The largest absolute Gasteiger partial charge is 0.489 e. The molecule has 5 rings (SSSR count). The third kappa shape index (κ3) is 4.92. The lowest BCUT2D eigenvalue weighted by molar-refractivity contribution is 0.0686. The second-order valence-corrected chi connectivity index (χ2v) is 8.93. The van der Waals surface area contributed by atoms with Crippen molar-refractivity contribution < 1.29 is 23.4 Å². The summed E-state index contributed by atoms with van der Waals surface area (Å²) in [7, 11) is 0. The van der Waals surface area contributed by atoms with E-state index in [0.717, 1.165) is 17.7 Å². The Balaban J connectivity index is 0.00000304. The van der Waals surface area contributed by atoms with E-state index in [4.69, 9.17) is 9.84 Å². The smallest absolute Gasteiger partial charge is 0.341 e. The van der Waals surface area contributed by atoms with Gasteiger partial charge in [-0.15, -0.1) is 12.4 Å². The molecule has 0 saturated heterocycles. The number of carboxylic acids is 1. The summed E-state index contributed by atoms with van der Waals surface area (Å²) in [6, 6.07) is 24.2. The molecule has 7 heteroatoms. The molecule has 0 fully saturated rings. The van der Waals surface area contributed by atoms with Crippen LogP contribution in [0.1, 0.15) is 52.4 Å². The van der Waals surface area contributed by atoms with Gasteiger partial charge >= 0.3 is 5.97 Å². The summed E-state index contributed by atoms with van der Waals surface area (Å²) in [6.45, 7) is 2.64. The highest BCUT2D eigenvalue weighted by Gasteiger charge is 2.31. The fraction of sp³-hybridized carbons (Fsp3) is 0.207. The Hall–Kier alpha value is -3.48. The van der Waals surface area contributed by atoms with Crippen molar-refractivity contribution in [2.75, 3.05) is 6.54 Å². The molecule has 186 valence electrons. The quantitative estimate of drug-likeness (QED) is 0.298. The molecule has 3 atom stereocenters. The van der Waals surface area contributed by atoms with Crippen LogP contribution in [0.3, 0.4) is 0 Å². The number of hydrogen-bond donors (Lipinski definition) is 2. The van der Waals surface area contributed by atoms with Crippen molar-refractivity contribution in [1.29, 1.82) is 0 Å². The maximum Gasteiger partial charge on any atom is 0.341 e. The van der Waals surface area contributed by atoms with Crippen LogP contribution >= 0.6 is 12.4 Å². The average Bonchev–Trinajstić information content (AvgIpc) is 2.85. The summed E-state index contributed by atoms with van der Waals surface area (Å²) in [5.74, 6) is -3.43. The van der Waals surface area contributed by atoms with E-state index in [1.807, 2.05) is 42.5 Å². The van der Waals surface area contributed by atoms with E-state index in [9.17, 15) is 13.6 Å². The van der Waals surface area contributed by atoms with E-state index in [1.165, 1.54) is 16.3 Å². The van der Waals surface area contributed by atoms with Gasteiger partial charge in [-0.2, -0.15) is 0 Å². The van der Waals surface area contributed by atoms with Crippen LogP contribution in [-0.2, 0) is 0 Å². The van der Waals surface area contributed by atoms with Crippen molar-refractivity contribution >= 4 is 29.1 Å². The molecule has 4 nitrogen and oxygen atoms in total. The van der Waals surface area contributed by atoms with Gasteiger partial charge < -0.3 is 15.2 Å². The van der Waals surface area contributed by atoms with Gasteiger partial charge in [-0.05, 0) is 53.4 Å². The topological polar surface area (TPSA) is 58.6 Å². The monoisotopic (exact) mass is 509 g/mol. The van der Waals surface area contributed by atoms with E-state index < -0.39 is 23.2 Å². The van der Waals surface area contributed by atoms with Crippen LogP contribution in [0.4, 0.5) is 8.78 Å². The fourth-order valence-electron chi connectivity index (χ4n) is 4.98. The van der Waals surface area contributed by atoms with Gasteiger partial charge in [-0.1, -0.05) is 60.7 Å². The van der Waals surface area contributed by atoms with Gasteiger partial charge in [0.25, 0.3) is 0 Å². The van der Waals surface area contributed by atoms with Crippen LogP contribution < -0.4 is 10.1 Å². The number of aromatic carboxylic acids is 1. The van der Waals surface area contributed by atoms with Gasteiger partial charge in [0.15, 0.2) is 0 Å². The van der Waals surface area contributed by atoms with Crippen LogP contribution in [0.2, 0.25) is 0 Å². The number of hydrogen-bond acceptors (Lipinski definition) is 3. The molecule has 0 bridgehead atoms. The molecule has 0 spiro atoms. The first-order chi connectivity index (χ1) is 16.9. The minimum Gasteiger partial charge on any atom is -0.489 e. The van der Waals surface area contributed by atoms with Gasteiger partial charge in [0.1, 0.15) is 29.1 Å². The first-order valence-electron chi connectivity index (χ1n) is 11.6. The molecule has 2 N–H and O–H groups in total. The Kier molecular flexibility index (Phi) is 7.57. The molecular formula is C29H26ClF2NO3. The summed E-state index contributed by atoms with van der Waals surface area (Å²) >= 11 is 0. The van der Waals surface area contributed by atoms with Gasteiger partial charge in [0.05, 0.1) is 0 Å². The minimum atomic E-state index is -1.62. The molecule has 4 aromatic carbocycles. The lowest BCUT2D eigenvalue weighted by Gasteiger charge is -2.33. The highest BCUT2D eigenvalue weighted by Crippen LogP contribution is 2.41. The van der Waals surface area contributed by atoms with Gasteiger partial charge in [-0.25, -0.2) is 13.6 Å². The van der Waals surface area contributed by atoms with E-state index in [1.54, 1.807) is 0 Å². The van der Waals surface area contributed by atoms with Gasteiger partial charge in [0.2, 0.25) is 0 Å². The Morgan fingerprint density at radius 2 is 1.69 bits per heavy atom. The van der Waals surface area contributed by atoms with Crippen molar-refractivity contribution in [2.24, 2.45) is 0 Å². The zero-order valence-electron chi connectivity index (χ0n) is 19.6. The number of benzene rings is 4. The van der Waals surface area contributed by atoms with E-state index in [0.29, 0.717) is 24.3 Å². The number of rotatable bonds is 6. The minimum absolute atomic E-state index is 0. The number of halogens is 3. The predicted molar refractivity (Wildman–Crippen MR) is 138 cm³/mol. The molecule has 1 heterocycles. The van der Waals surface area contributed by atoms with Crippen molar-refractivity contribution in [3.63, 3.8) is 0 Å². The van der Waals surface area contributed by atoms with Crippen molar-refractivity contribution in [3.05, 3.63) is 113 Å². The molecule has 36 heavy (non-hydrogen) atoms. The first kappa shape index (κ1) is 25.6. The zero-order chi connectivity index (χ0) is 24.5. The lowest BCUT2D eigenvalue weighted by Crippen LogP contribution is -2.37. The van der Waals surface area contributed by atoms with Crippen molar-refractivity contribution in [2.45, 2.75) is 31.4 Å². The Morgan fingerprint density at radius 1 is 1.03 bits per heavy atom. The SMILES string of the molecule is C[C@@H](NC[C@H]1C[C@@H](c2cc(F)c(C(=O)O)c(F)c2)c2ccccc2O1)c1cccc2ccccc12.Cl. The third-order valence-corrected chi connectivity index (χ3v) is 6.71. The molecule has 1 aliphatic rings. The molecule has 0 aliphatic carbocycles. The number of carboxylic acid groups (broad SMARTS) is 1. The number of fused-ring (bicyclic) bond motifs is 2. The van der Waals surface area contributed by atoms with E-state index >= 15 is 0 Å². The molecule has 4 aromatic rings. The average molecular weight is 510 g/mol. The number of carbonyl (C=O) groups is 1. The van der Waals surface area contributed by atoms with Crippen LogP contribution in [-0.4, -0.2) is 23.7 Å². The van der Waals surface area contributed by atoms with Gasteiger partial charge in [0, 0.05) is 24.1 Å². The van der Waals surface area contributed by atoms with E-state index in [2.05, 4.69) is 36.5 Å². The second-order valence-electron chi connectivity index (χ2n) is 8.93. The summed E-state index contributed by atoms with van der Waals surface area (Å²) < 4.78 is 35.2. The normalized spacial score (nSPS) is 17.5. The van der Waals surface area contributed by atoms with Gasteiger partial charge in [-0.3, -0.25) is 0 Å². The van der Waals surface area contributed by atoms with Crippen LogP contribution in [0.25, 0.3) is 10.8 Å². The number of ether oxygens (including phenoxy) is 1. The molecule has 0 saturated carbocycles. The fourth-order valence-corrected chi connectivity index (χ4v) is 4.98. The van der Waals surface area contributed by atoms with Crippen LogP contribution in [0.15, 0.2) is 78.9 Å². The third-order valence-electron chi connectivity index (χ3n) is 6.71. The molecule has 0 aromatic heterocycles. The second kappa shape index (κ2) is 10.6. The summed E-state index contributed by atoms with van der Waals surface area (Å²) in [5.41, 5.74) is 1.47. The highest BCUT2D eigenvalue weighted by molar-refractivity contribution is 5.88. The summed E-state index contributed by atoms with van der Waals surface area (Å²) in [5, 5.41) is 15.0. The van der Waals surface area contributed by atoms with Crippen molar-refractivity contribution in [1.82, 2.24) is 5.32 Å². The van der Waals surface area contributed by atoms with E-state index in [-0.39, 0.29) is 30.5 Å². The summed E-state index contributed by atoms with van der Waals surface area (Å²) in [4.78, 5) is 11.2. The molecule has 0 amide bonds. The predicted octanol–water partition coefficient (Wildman–Crippen LogP) is 6.87. The lowest BCUT2D eigenvalue weighted by atomic mass is 9.83. The van der Waals surface area contributed by atoms with Crippen LogP contribution in [0.5, 0.6) is 5.75 Å². The summed E-state index contributed by atoms with van der Waals surface area (Å²) in [6.07, 6.45) is 0.259. The number of nitrogens with one attached hydrogen (secondary N) is 1. The molecule has 1 aliphatic heterocycles. The first-order valence-corrected chi connectivity index (χ1v) is 11.6. The maximum atomic E-state index is 14.5. The Morgan fingerprint density at radius 3 is 2.44 bits per heavy atom. The molecule has 0 unspecified atom stereocenters. The number of para-hydroxylation sites is 1. The Labute approximate surface area is 214 Å². The highest BCUT2D eigenvalue weighted by atomic mass is 35.5. The van der Waals surface area contributed by atoms with Crippen molar-refractivity contribution in [3.8, 4) is 5.75 Å².